The first-order valence-corrected chi connectivity index (χ1v) is 22.1. The van der Waals surface area contributed by atoms with Crippen LogP contribution >= 0.6 is 0 Å². The summed E-state index contributed by atoms with van der Waals surface area (Å²) in [7, 11) is 3.13. The van der Waals surface area contributed by atoms with Gasteiger partial charge in [-0.15, -0.1) is 0 Å². The minimum atomic E-state index is -1.50. The van der Waals surface area contributed by atoms with Gasteiger partial charge in [0.25, 0.3) is 11.8 Å². The first-order valence-electron chi connectivity index (χ1n) is 22.1. The molecule has 2 saturated heterocycles. The van der Waals surface area contributed by atoms with Crippen molar-refractivity contribution in [2.75, 3.05) is 27.3 Å². The third kappa shape index (κ3) is 13.9. The van der Waals surface area contributed by atoms with Gasteiger partial charge in [0.1, 0.15) is 48.6 Å². The Morgan fingerprint density at radius 2 is 0.971 bits per heavy atom. The lowest BCUT2D eigenvalue weighted by atomic mass is 9.97. The predicted molar refractivity (Wildman–Crippen MR) is 247 cm³/mol. The molecule has 2 amide bonds. The van der Waals surface area contributed by atoms with Crippen LogP contribution in [-0.2, 0) is 47.6 Å². The van der Waals surface area contributed by atoms with Gasteiger partial charge >= 0.3 is 23.9 Å². The SMILES string of the molecule is CNC(=O)c1cccc(-c2ccc(O[C@H]3O[C@@H](CO)[C@@H](O)[C@H](O)[C@H]3O)c(C)c2)c1.CNC(=O)c1cccc(-c2ccc(O[C@H]3O[C@@H](COC(C)=O)[C@@H](OC(C)=O)[C@H](OC(C)=O)[C@H]3OC(C)=O)c(C)c2)c1. The number of hydrogen-bond donors (Lipinski definition) is 6. The van der Waals surface area contributed by atoms with Crippen molar-refractivity contribution in [1.82, 2.24) is 10.6 Å². The lowest BCUT2D eigenvalue weighted by Crippen LogP contribution is -2.63. The Bertz CT molecular complexity index is 2510. The minimum Gasteiger partial charge on any atom is -0.463 e. The van der Waals surface area contributed by atoms with Gasteiger partial charge in [0.15, 0.2) is 12.2 Å². The summed E-state index contributed by atoms with van der Waals surface area (Å²) >= 11 is 0. The van der Waals surface area contributed by atoms with Crippen molar-refractivity contribution in [2.24, 2.45) is 0 Å². The number of aliphatic hydroxyl groups is 4. The maximum absolute atomic E-state index is 12.1. The summed E-state index contributed by atoms with van der Waals surface area (Å²) in [6.07, 6.45) is -13.1. The molecule has 6 N–H and O–H groups in total. The Labute approximate surface area is 403 Å². The Morgan fingerprint density at radius 3 is 1.41 bits per heavy atom. The number of esters is 4. The topological polar surface area (TPSA) is 281 Å². The Hall–Kier alpha value is -6.94. The van der Waals surface area contributed by atoms with Crippen LogP contribution in [0.4, 0.5) is 0 Å². The van der Waals surface area contributed by atoms with Gasteiger partial charge in [0.05, 0.1) is 6.61 Å². The third-order valence-corrected chi connectivity index (χ3v) is 11.0. The fraction of sp³-hybridized carbons (Fsp3) is 0.400. The fourth-order valence-corrected chi connectivity index (χ4v) is 7.59. The molecule has 376 valence electrons. The van der Waals surface area contributed by atoms with Gasteiger partial charge < -0.3 is 69.0 Å². The zero-order valence-electron chi connectivity index (χ0n) is 39.8. The summed E-state index contributed by atoms with van der Waals surface area (Å²) in [5, 5.41) is 44.4. The molecule has 2 aliphatic rings. The average molecular weight is 975 g/mol. The molecule has 0 aromatic heterocycles. The molecular weight excluding hydrogens is 917 g/mol. The van der Waals surface area contributed by atoms with Crippen LogP contribution < -0.4 is 20.1 Å². The van der Waals surface area contributed by atoms with E-state index in [1.54, 1.807) is 81.7 Å². The normalized spacial score (nSPS) is 23.8. The summed E-state index contributed by atoms with van der Waals surface area (Å²) in [4.78, 5) is 71.4. The van der Waals surface area contributed by atoms with Crippen LogP contribution in [-0.4, -0.2) is 145 Å². The van der Waals surface area contributed by atoms with E-state index in [1.165, 1.54) is 6.92 Å². The minimum absolute atomic E-state index is 0.175. The van der Waals surface area contributed by atoms with Crippen molar-refractivity contribution >= 4 is 35.7 Å². The first kappa shape index (κ1) is 54.0. The molecule has 2 heterocycles. The molecule has 0 aliphatic carbocycles. The molecule has 2 aliphatic heterocycles. The number of hydrogen-bond acceptors (Lipinski definition) is 18. The molecule has 0 radical (unpaired) electrons. The van der Waals surface area contributed by atoms with Crippen LogP contribution in [0, 0.1) is 13.8 Å². The second-order valence-corrected chi connectivity index (χ2v) is 16.3. The Kier molecular flexibility index (Phi) is 18.9. The van der Waals surface area contributed by atoms with Crippen LogP contribution in [0.5, 0.6) is 11.5 Å². The van der Waals surface area contributed by atoms with E-state index in [2.05, 4.69) is 10.6 Å². The number of benzene rings is 4. The third-order valence-electron chi connectivity index (χ3n) is 11.0. The molecule has 0 unspecified atom stereocenters. The molecule has 0 saturated carbocycles. The van der Waals surface area contributed by atoms with Crippen LogP contribution in [0.3, 0.4) is 0 Å². The molecule has 4 aromatic rings. The van der Waals surface area contributed by atoms with Crippen molar-refractivity contribution in [2.45, 2.75) is 103 Å². The second-order valence-electron chi connectivity index (χ2n) is 16.3. The van der Waals surface area contributed by atoms with Crippen molar-refractivity contribution in [3.63, 3.8) is 0 Å². The Balaban J connectivity index is 0.000000276. The molecule has 2 fully saturated rings. The maximum atomic E-state index is 12.1. The standard InChI is InChI=1S/C29H33NO11.C21H25NO7/c1-15-12-21(20-8-7-9-22(13-20)28(35)30-6)10-11-23(15)40-29-27(39-19(5)34)26(38-18(4)33)25(37-17(3)32)24(41-29)14-36-16(2)31;1-11-8-13(12-4-3-5-14(9-12)20(27)22-2)6-7-15(11)28-21-19(26)18(25)17(24)16(10-23)29-21/h7-13,24-27,29H,14H2,1-6H3,(H,30,35);3-9,16-19,21,23-26H,10H2,1-2H3,(H,22,27)/t24-,25+,26-,27+,29-;16-,17+,18-,19+,21-/m00/s1. The molecule has 10 atom stereocenters. The van der Waals surface area contributed by atoms with E-state index in [0.717, 1.165) is 48.6 Å². The van der Waals surface area contributed by atoms with E-state index < -0.39 is 91.9 Å². The maximum Gasteiger partial charge on any atom is 0.303 e. The highest BCUT2D eigenvalue weighted by Crippen LogP contribution is 2.34. The molecule has 0 spiro atoms. The van der Waals surface area contributed by atoms with Crippen molar-refractivity contribution in [3.05, 3.63) is 107 Å². The van der Waals surface area contributed by atoms with Crippen LogP contribution in [0.15, 0.2) is 84.9 Å². The number of nitrogens with one attached hydrogen (secondary N) is 2. The molecule has 0 bridgehead atoms. The van der Waals surface area contributed by atoms with E-state index in [0.29, 0.717) is 28.2 Å². The predicted octanol–water partition coefficient (Wildman–Crippen LogP) is 2.68. The number of ether oxygens (including phenoxy) is 8. The van der Waals surface area contributed by atoms with Crippen molar-refractivity contribution in [1.29, 1.82) is 0 Å². The van der Waals surface area contributed by atoms with E-state index in [-0.39, 0.29) is 18.4 Å². The number of carbonyl (C=O) groups is 6. The van der Waals surface area contributed by atoms with Gasteiger partial charge in [-0.2, -0.15) is 0 Å². The molecule has 70 heavy (non-hydrogen) atoms. The summed E-state index contributed by atoms with van der Waals surface area (Å²) in [6, 6.07) is 24.9. The van der Waals surface area contributed by atoms with Gasteiger partial charge in [0, 0.05) is 52.9 Å². The van der Waals surface area contributed by atoms with E-state index in [9.17, 15) is 49.2 Å². The molecule has 20 heteroatoms. The van der Waals surface area contributed by atoms with E-state index in [4.69, 9.17) is 37.9 Å². The quantitative estimate of drug-likeness (QED) is 0.0783. The van der Waals surface area contributed by atoms with Gasteiger partial charge in [0.2, 0.25) is 18.7 Å². The van der Waals surface area contributed by atoms with Crippen molar-refractivity contribution < 1.29 is 87.1 Å². The summed E-state index contributed by atoms with van der Waals surface area (Å²) in [5.41, 5.74) is 5.79. The molecule has 6 rings (SSSR count). The van der Waals surface area contributed by atoms with Gasteiger partial charge in [-0.1, -0.05) is 36.4 Å². The van der Waals surface area contributed by atoms with Crippen molar-refractivity contribution in [3.8, 4) is 33.8 Å². The molecule has 4 aromatic carbocycles. The molecule has 20 nitrogen and oxygen atoms in total. The highest BCUT2D eigenvalue weighted by atomic mass is 16.7. The number of amides is 2. The average Bonchev–Trinajstić information content (AvgIpc) is 3.33. The Morgan fingerprint density at radius 1 is 0.529 bits per heavy atom. The van der Waals surface area contributed by atoms with Gasteiger partial charge in [-0.3, -0.25) is 28.8 Å². The number of rotatable bonds is 14. The second kappa shape index (κ2) is 24.6. The first-order chi connectivity index (χ1) is 33.2. The van der Waals surface area contributed by atoms with Gasteiger partial charge in [-0.25, -0.2) is 0 Å². The summed E-state index contributed by atoms with van der Waals surface area (Å²) in [5.74, 6) is -2.44. The number of aryl methyl sites for hydroxylation is 2. The van der Waals surface area contributed by atoms with Crippen LogP contribution in [0.25, 0.3) is 22.3 Å². The molecular formula is C50H58N2O18. The summed E-state index contributed by atoms with van der Waals surface area (Å²) < 4.78 is 44.6. The largest absolute Gasteiger partial charge is 0.463 e. The number of aliphatic hydroxyl groups excluding tert-OH is 4. The zero-order chi connectivity index (χ0) is 51.4. The highest BCUT2D eigenvalue weighted by Gasteiger charge is 2.53. The summed E-state index contributed by atoms with van der Waals surface area (Å²) in [6.45, 7) is 7.34. The van der Waals surface area contributed by atoms with E-state index >= 15 is 0 Å². The highest BCUT2D eigenvalue weighted by molar-refractivity contribution is 5.96. The fourth-order valence-electron chi connectivity index (χ4n) is 7.59. The number of carbonyl (C=O) groups excluding carboxylic acids is 6. The zero-order valence-corrected chi connectivity index (χ0v) is 39.8. The lowest BCUT2D eigenvalue weighted by molar-refractivity contribution is -0.288. The van der Waals surface area contributed by atoms with E-state index in [1.807, 2.05) is 31.2 Å². The monoisotopic (exact) mass is 974 g/mol. The smallest absolute Gasteiger partial charge is 0.303 e. The van der Waals surface area contributed by atoms with Crippen LogP contribution in [0.1, 0.15) is 59.5 Å². The lowest BCUT2D eigenvalue weighted by Gasteiger charge is -2.44. The van der Waals surface area contributed by atoms with Crippen LogP contribution in [0.2, 0.25) is 0 Å². The van der Waals surface area contributed by atoms with Gasteiger partial charge in [-0.05, 0) is 95.8 Å².